The molecule has 1 aliphatic carbocycles. The highest BCUT2D eigenvalue weighted by Gasteiger charge is 2.29. The zero-order valence-electron chi connectivity index (χ0n) is 17.5. The van der Waals surface area contributed by atoms with Crippen molar-refractivity contribution < 1.29 is 4.79 Å². The Balaban J connectivity index is 1.43. The van der Waals surface area contributed by atoms with Gasteiger partial charge in [-0.25, -0.2) is 9.97 Å². The van der Waals surface area contributed by atoms with E-state index in [2.05, 4.69) is 22.2 Å². The highest BCUT2D eigenvalue weighted by Crippen LogP contribution is 2.31. The minimum absolute atomic E-state index is 0.265. The van der Waals surface area contributed by atoms with Gasteiger partial charge in [0.2, 0.25) is 5.91 Å². The Bertz CT molecular complexity index is 683. The maximum atomic E-state index is 12.8. The zero-order valence-corrected chi connectivity index (χ0v) is 17.5. The van der Waals surface area contributed by atoms with E-state index in [0.29, 0.717) is 5.91 Å². The van der Waals surface area contributed by atoms with E-state index in [1.807, 2.05) is 7.05 Å². The van der Waals surface area contributed by atoms with Crippen molar-refractivity contribution in [3.05, 3.63) is 17.1 Å². The number of anilines is 1. The first kappa shape index (κ1) is 19.6. The molecule has 0 spiro atoms. The molecule has 3 heterocycles. The number of amides is 1. The number of nitrogens with zero attached hydrogens (tertiary/aromatic N) is 4. The first-order valence-corrected chi connectivity index (χ1v) is 11.2. The van der Waals surface area contributed by atoms with Gasteiger partial charge in [0.05, 0.1) is 5.69 Å². The molecule has 1 amide bonds. The van der Waals surface area contributed by atoms with Crippen molar-refractivity contribution in [3.8, 4) is 0 Å². The number of piperidine rings is 1. The topological polar surface area (TPSA) is 61.4 Å². The van der Waals surface area contributed by atoms with Crippen LogP contribution in [-0.2, 0) is 17.8 Å². The van der Waals surface area contributed by atoms with Crippen molar-refractivity contribution in [3.63, 3.8) is 0 Å². The summed E-state index contributed by atoms with van der Waals surface area (Å²) >= 11 is 0. The predicted octanol–water partition coefficient (Wildman–Crippen LogP) is 3.18. The van der Waals surface area contributed by atoms with Crippen LogP contribution < -0.4 is 5.32 Å². The van der Waals surface area contributed by atoms with Crippen molar-refractivity contribution in [1.29, 1.82) is 0 Å². The van der Waals surface area contributed by atoms with Crippen LogP contribution in [0.15, 0.2) is 0 Å². The minimum Gasteiger partial charge on any atom is -0.373 e. The van der Waals surface area contributed by atoms with Gasteiger partial charge in [-0.2, -0.15) is 0 Å². The van der Waals surface area contributed by atoms with Crippen LogP contribution in [-0.4, -0.2) is 59.4 Å². The van der Waals surface area contributed by atoms with Gasteiger partial charge in [-0.3, -0.25) is 4.79 Å². The maximum Gasteiger partial charge on any atom is 0.222 e. The van der Waals surface area contributed by atoms with Gasteiger partial charge < -0.3 is 15.1 Å². The van der Waals surface area contributed by atoms with E-state index >= 15 is 0 Å². The molecule has 0 radical (unpaired) electrons. The molecule has 1 N–H and O–H groups in total. The molecule has 0 aromatic carbocycles. The Labute approximate surface area is 169 Å². The molecule has 1 aromatic heterocycles. The molecule has 1 saturated carbocycles. The van der Waals surface area contributed by atoms with Gasteiger partial charge >= 0.3 is 0 Å². The molecular weight excluding hydrogens is 350 g/mol. The number of nitrogens with one attached hydrogen (secondary N) is 1. The molecule has 2 fully saturated rings. The molecule has 6 nitrogen and oxygen atoms in total. The summed E-state index contributed by atoms with van der Waals surface area (Å²) in [5, 5.41) is 3.28. The van der Waals surface area contributed by atoms with Crippen molar-refractivity contribution in [2.24, 2.45) is 5.92 Å². The van der Waals surface area contributed by atoms with E-state index < -0.39 is 0 Å². The summed E-state index contributed by atoms with van der Waals surface area (Å²) in [6, 6.07) is 0. The average Bonchev–Trinajstić information content (AvgIpc) is 3.25. The third-order valence-electron chi connectivity index (χ3n) is 6.89. The molecule has 0 bridgehead atoms. The molecule has 1 aromatic rings. The van der Waals surface area contributed by atoms with E-state index in [0.717, 1.165) is 75.8 Å². The lowest BCUT2D eigenvalue weighted by Gasteiger charge is -2.33. The lowest BCUT2D eigenvalue weighted by molar-refractivity contribution is -0.132. The van der Waals surface area contributed by atoms with Gasteiger partial charge in [-0.15, -0.1) is 0 Å². The molecule has 1 unspecified atom stereocenters. The molecule has 28 heavy (non-hydrogen) atoms. The average molecular weight is 386 g/mol. The Morgan fingerprint density at radius 1 is 1.14 bits per heavy atom. The van der Waals surface area contributed by atoms with Crippen LogP contribution in [0.4, 0.5) is 5.82 Å². The first-order chi connectivity index (χ1) is 13.6. The third kappa shape index (κ3) is 4.32. The highest BCUT2D eigenvalue weighted by molar-refractivity contribution is 5.76. The Hall–Kier alpha value is -1.69. The van der Waals surface area contributed by atoms with Gasteiger partial charge in [0.25, 0.3) is 0 Å². The molecule has 3 aliphatic rings. The number of carbonyl (C=O) groups is 1. The second kappa shape index (κ2) is 8.76. The van der Waals surface area contributed by atoms with E-state index in [9.17, 15) is 4.79 Å². The van der Waals surface area contributed by atoms with Crippen LogP contribution in [0.5, 0.6) is 0 Å². The van der Waals surface area contributed by atoms with Crippen molar-refractivity contribution in [2.75, 3.05) is 39.0 Å². The van der Waals surface area contributed by atoms with E-state index in [1.165, 1.54) is 36.9 Å². The van der Waals surface area contributed by atoms with Crippen molar-refractivity contribution >= 4 is 11.7 Å². The summed E-state index contributed by atoms with van der Waals surface area (Å²) in [6.45, 7) is 3.63. The monoisotopic (exact) mass is 385 g/mol. The molecular formula is C22H35N5O. The van der Waals surface area contributed by atoms with Crippen molar-refractivity contribution in [2.45, 2.75) is 70.3 Å². The van der Waals surface area contributed by atoms with Crippen LogP contribution in [0.2, 0.25) is 0 Å². The maximum absolute atomic E-state index is 12.8. The predicted molar refractivity (Wildman–Crippen MR) is 111 cm³/mol. The van der Waals surface area contributed by atoms with Crippen LogP contribution in [0, 0.1) is 5.92 Å². The smallest absolute Gasteiger partial charge is 0.222 e. The standard InChI is InChI=1S/C22H35N5O/c1-23-22-18-15-26(2)13-11-19(18)24-21(25-22)17-8-5-12-27(14-17)20(28)10-9-16-6-3-4-7-16/h16-17H,3-15H2,1-2H3,(H,23,24,25). The molecule has 154 valence electrons. The number of carbonyl (C=O) groups excluding carboxylic acids is 1. The summed E-state index contributed by atoms with van der Waals surface area (Å²) in [7, 11) is 4.09. The van der Waals surface area contributed by atoms with Crippen LogP contribution in [0.25, 0.3) is 0 Å². The molecule has 1 saturated heterocycles. The lowest BCUT2D eigenvalue weighted by Crippen LogP contribution is -2.40. The van der Waals surface area contributed by atoms with Gasteiger partial charge in [0.15, 0.2) is 0 Å². The lowest BCUT2D eigenvalue weighted by atomic mass is 9.95. The second-order valence-electron chi connectivity index (χ2n) is 8.96. The van der Waals surface area contributed by atoms with Crippen LogP contribution in [0.3, 0.4) is 0 Å². The number of fused-ring (bicyclic) bond motifs is 1. The van der Waals surface area contributed by atoms with Gasteiger partial charge in [-0.05, 0) is 32.2 Å². The van der Waals surface area contributed by atoms with Gasteiger partial charge in [0, 0.05) is 57.5 Å². The SMILES string of the molecule is CNc1nc(C2CCCN(C(=O)CCC3CCCC3)C2)nc2c1CN(C)CC2. The fraction of sp³-hybridized carbons (Fsp3) is 0.773. The fourth-order valence-electron chi connectivity index (χ4n) is 5.16. The van der Waals surface area contributed by atoms with E-state index in [4.69, 9.17) is 9.97 Å². The Kier molecular flexibility index (Phi) is 6.14. The molecule has 2 aliphatic heterocycles. The quantitative estimate of drug-likeness (QED) is 0.843. The number of likely N-dealkylation sites (N-methyl/N-ethyl adjacent to an activating group) is 1. The summed E-state index contributed by atoms with van der Waals surface area (Å²) in [4.78, 5) is 27.0. The highest BCUT2D eigenvalue weighted by atomic mass is 16.2. The summed E-state index contributed by atoms with van der Waals surface area (Å²) in [5.74, 6) is 3.29. The van der Waals surface area contributed by atoms with Gasteiger partial charge in [-0.1, -0.05) is 25.7 Å². The van der Waals surface area contributed by atoms with E-state index in [-0.39, 0.29) is 5.92 Å². The van der Waals surface area contributed by atoms with Crippen LogP contribution >= 0.6 is 0 Å². The number of likely N-dealkylation sites (tertiary alicyclic amines) is 1. The first-order valence-electron chi connectivity index (χ1n) is 11.2. The summed E-state index contributed by atoms with van der Waals surface area (Å²) < 4.78 is 0. The number of aromatic nitrogens is 2. The second-order valence-corrected chi connectivity index (χ2v) is 8.96. The largest absolute Gasteiger partial charge is 0.373 e. The molecule has 6 heteroatoms. The number of hydrogen-bond donors (Lipinski definition) is 1. The molecule has 4 rings (SSSR count). The Morgan fingerprint density at radius 3 is 2.75 bits per heavy atom. The Morgan fingerprint density at radius 2 is 1.96 bits per heavy atom. The number of hydrogen-bond acceptors (Lipinski definition) is 5. The summed E-state index contributed by atoms with van der Waals surface area (Å²) in [6.07, 6.45) is 10.2. The minimum atomic E-state index is 0.265. The fourth-order valence-corrected chi connectivity index (χ4v) is 5.16. The number of rotatable bonds is 5. The zero-order chi connectivity index (χ0) is 19.5. The van der Waals surface area contributed by atoms with Crippen LogP contribution in [0.1, 0.15) is 74.4 Å². The van der Waals surface area contributed by atoms with Crippen molar-refractivity contribution in [1.82, 2.24) is 19.8 Å². The van der Waals surface area contributed by atoms with E-state index in [1.54, 1.807) is 0 Å². The summed E-state index contributed by atoms with van der Waals surface area (Å²) in [5.41, 5.74) is 2.43. The molecule has 1 atom stereocenters. The van der Waals surface area contributed by atoms with Gasteiger partial charge in [0.1, 0.15) is 11.6 Å². The third-order valence-corrected chi connectivity index (χ3v) is 6.89. The normalized spacial score (nSPS) is 23.6.